The molecule has 0 aromatic heterocycles. The van der Waals surface area contributed by atoms with Crippen LogP contribution in [0, 0.1) is 0 Å². The Labute approximate surface area is 125 Å². The summed E-state index contributed by atoms with van der Waals surface area (Å²) in [4.78, 5) is 0. The Bertz CT molecular complexity index is 6.85. The van der Waals surface area contributed by atoms with Crippen molar-refractivity contribution < 1.29 is 106 Å². The standard InChI is InChI=1S/3ClH.Cs.Mg/h3*1H;;/q;;;+1;+2/p-3. The molecule has 0 aliphatic rings. The fraction of sp³-hybridized carbons (Fsp3) is 0. The van der Waals surface area contributed by atoms with E-state index in [9.17, 15) is 0 Å². The summed E-state index contributed by atoms with van der Waals surface area (Å²) in [5.41, 5.74) is 0. The van der Waals surface area contributed by atoms with E-state index in [0.717, 1.165) is 0 Å². The monoisotopic (exact) mass is 262 g/mol. The van der Waals surface area contributed by atoms with E-state index in [1.54, 1.807) is 0 Å². The van der Waals surface area contributed by atoms with Crippen molar-refractivity contribution in [3.8, 4) is 0 Å². The van der Waals surface area contributed by atoms with Gasteiger partial charge in [-0.1, -0.05) is 0 Å². The van der Waals surface area contributed by atoms with Crippen LogP contribution in [0.4, 0.5) is 0 Å². The van der Waals surface area contributed by atoms with Crippen molar-refractivity contribution in [1.82, 2.24) is 0 Å². The molecule has 0 fully saturated rings. The second-order valence-corrected chi connectivity index (χ2v) is 0. The first-order valence-electron chi connectivity index (χ1n) is 0. The van der Waals surface area contributed by atoms with Gasteiger partial charge in [-0.3, -0.25) is 0 Å². The molecular weight excluding hydrogens is 264 g/mol. The molecule has 0 bridgehead atoms. The summed E-state index contributed by atoms with van der Waals surface area (Å²) in [5, 5.41) is 0. The molecule has 0 amide bonds. The Morgan fingerprint density at radius 1 is 0.600 bits per heavy atom. The number of hydrogen-bond donors (Lipinski definition) is 0. The molecule has 0 aromatic rings. The third kappa shape index (κ3) is 18.3. The van der Waals surface area contributed by atoms with Crippen LogP contribution in [0.5, 0.6) is 0 Å². The summed E-state index contributed by atoms with van der Waals surface area (Å²) in [6.45, 7) is 0. The Hall–Kier alpha value is 3.69. The van der Waals surface area contributed by atoms with Gasteiger partial charge in [-0.25, -0.2) is 0 Å². The number of hydrogen-bond acceptors (Lipinski definition) is 0. The molecule has 5 heavy (non-hydrogen) atoms. The van der Waals surface area contributed by atoms with Gasteiger partial charge < -0.3 is 37.2 Å². The van der Waals surface area contributed by atoms with Crippen LogP contribution in [-0.4, -0.2) is 23.1 Å². The summed E-state index contributed by atoms with van der Waals surface area (Å²) in [6, 6.07) is 0. The molecule has 0 saturated carbocycles. The zero-order valence-electron chi connectivity index (χ0n) is 2.84. The molecule has 0 aliphatic carbocycles. The molecule has 0 radical (unpaired) electrons. The Morgan fingerprint density at radius 2 is 0.600 bits per heavy atom. The molecular formula is Cl3CsMg. The Morgan fingerprint density at radius 3 is 0.600 bits per heavy atom. The van der Waals surface area contributed by atoms with Gasteiger partial charge in [-0.15, -0.1) is 0 Å². The van der Waals surface area contributed by atoms with Gasteiger partial charge in [0.1, 0.15) is 0 Å². The van der Waals surface area contributed by atoms with E-state index in [0.29, 0.717) is 0 Å². The normalized spacial score (nSPS) is 0. The van der Waals surface area contributed by atoms with Crippen molar-refractivity contribution in [2.75, 3.05) is 0 Å². The van der Waals surface area contributed by atoms with Gasteiger partial charge in [0, 0.05) is 0 Å². The predicted molar refractivity (Wildman–Crippen MR) is 5.75 cm³/mol. The summed E-state index contributed by atoms with van der Waals surface area (Å²) < 4.78 is 0. The molecule has 0 spiro atoms. The maximum Gasteiger partial charge on any atom is 2.00 e. The van der Waals surface area contributed by atoms with E-state index < -0.39 is 0 Å². The van der Waals surface area contributed by atoms with Gasteiger partial charge in [0.2, 0.25) is 0 Å². The average molecular weight is 264 g/mol. The SMILES string of the molecule is [Cl-].[Cl-].[Cl-].[Cs+].[Mg+2]. The van der Waals surface area contributed by atoms with Crippen LogP contribution in [0.3, 0.4) is 0 Å². The fourth-order valence-electron chi connectivity index (χ4n) is 0. The van der Waals surface area contributed by atoms with Gasteiger partial charge in [-0.05, 0) is 0 Å². The summed E-state index contributed by atoms with van der Waals surface area (Å²) in [5.74, 6) is 0. The minimum Gasteiger partial charge on any atom is -1.00 e. The summed E-state index contributed by atoms with van der Waals surface area (Å²) in [7, 11) is 0. The van der Waals surface area contributed by atoms with Crippen molar-refractivity contribution in [3.63, 3.8) is 0 Å². The van der Waals surface area contributed by atoms with Gasteiger partial charge in [0.15, 0.2) is 0 Å². The van der Waals surface area contributed by atoms with Gasteiger partial charge in [-0.2, -0.15) is 0 Å². The van der Waals surface area contributed by atoms with Crippen LogP contribution in [0.1, 0.15) is 0 Å². The first-order chi connectivity index (χ1) is 0. The first kappa shape index (κ1) is 37.8. The molecule has 0 atom stereocenters. The smallest absolute Gasteiger partial charge is 1.00 e. The van der Waals surface area contributed by atoms with Gasteiger partial charge in [0.05, 0.1) is 0 Å². The molecule has 0 rings (SSSR count). The third-order valence-electron chi connectivity index (χ3n) is 0. The summed E-state index contributed by atoms with van der Waals surface area (Å²) >= 11 is 0. The van der Waals surface area contributed by atoms with Crippen molar-refractivity contribution in [1.29, 1.82) is 0 Å². The third-order valence-corrected chi connectivity index (χ3v) is 0. The average Bonchev–Trinajstić information content (AvgIpc) is 0. The second kappa shape index (κ2) is 25.3. The van der Waals surface area contributed by atoms with E-state index in [4.69, 9.17) is 0 Å². The molecule has 0 nitrogen and oxygen atoms in total. The quantitative estimate of drug-likeness (QED) is 0.381. The van der Waals surface area contributed by atoms with Crippen molar-refractivity contribution in [2.24, 2.45) is 0 Å². The molecule has 0 aromatic carbocycles. The maximum absolute atomic E-state index is 0. The number of rotatable bonds is 0. The number of halogens is 3. The van der Waals surface area contributed by atoms with Gasteiger partial charge >= 0.3 is 91.9 Å². The Balaban J connectivity index is 0. The van der Waals surface area contributed by atoms with Crippen molar-refractivity contribution in [3.05, 3.63) is 0 Å². The predicted octanol–water partition coefficient (Wildman–Crippen LogP) is -12.4. The molecule has 24 valence electrons. The molecule has 0 unspecified atom stereocenters. The first-order valence-corrected chi connectivity index (χ1v) is 0. The maximum atomic E-state index is 0. The van der Waals surface area contributed by atoms with Crippen molar-refractivity contribution >= 4 is 23.1 Å². The van der Waals surface area contributed by atoms with E-state index in [2.05, 4.69) is 0 Å². The van der Waals surface area contributed by atoms with E-state index in [1.165, 1.54) is 0 Å². The van der Waals surface area contributed by atoms with Crippen LogP contribution in [0.2, 0.25) is 0 Å². The van der Waals surface area contributed by atoms with Crippen LogP contribution in [-0.2, 0) is 0 Å². The minimum absolute atomic E-state index is 0. The second-order valence-electron chi connectivity index (χ2n) is 0. The van der Waals surface area contributed by atoms with E-state index in [1.807, 2.05) is 0 Å². The molecule has 5 heteroatoms. The molecule has 0 aliphatic heterocycles. The largest absolute Gasteiger partial charge is 2.00 e. The fourth-order valence-corrected chi connectivity index (χ4v) is 0. The zero-order valence-corrected chi connectivity index (χ0v) is 12.8. The zero-order chi connectivity index (χ0) is 0. The molecule has 0 saturated heterocycles. The van der Waals surface area contributed by atoms with Crippen molar-refractivity contribution in [2.45, 2.75) is 0 Å². The molecule has 0 N–H and O–H groups in total. The molecule has 0 heterocycles. The van der Waals surface area contributed by atoms with E-state index >= 15 is 0 Å². The van der Waals surface area contributed by atoms with Crippen LogP contribution in [0.15, 0.2) is 0 Å². The van der Waals surface area contributed by atoms with E-state index in [-0.39, 0.29) is 129 Å². The van der Waals surface area contributed by atoms with Crippen LogP contribution in [0.25, 0.3) is 0 Å². The topological polar surface area (TPSA) is 0 Å². The summed E-state index contributed by atoms with van der Waals surface area (Å²) in [6.07, 6.45) is 0. The van der Waals surface area contributed by atoms with Crippen LogP contribution < -0.4 is 106 Å². The Kier molecular flexibility index (Phi) is 191. The minimum atomic E-state index is 0. The van der Waals surface area contributed by atoms with Gasteiger partial charge in [0.25, 0.3) is 0 Å². The van der Waals surface area contributed by atoms with Crippen LogP contribution >= 0.6 is 0 Å².